The fourth-order valence-corrected chi connectivity index (χ4v) is 2.21. The van der Waals surface area contributed by atoms with E-state index in [4.69, 9.17) is 10.00 Å². The number of carbonyl (C=O) groups is 1. The van der Waals surface area contributed by atoms with Crippen LogP contribution in [-0.4, -0.2) is 20.6 Å². The summed E-state index contributed by atoms with van der Waals surface area (Å²) in [5.41, 5.74) is 2.51. The Labute approximate surface area is 126 Å². The van der Waals surface area contributed by atoms with E-state index in [1.165, 1.54) is 4.52 Å². The Bertz CT molecular complexity index is 893. The standard InChI is InChI=1S/C16H12N4O2/c1-11-14(15-18-7-4-8-20(15)19-11)16(21)22-10-13-6-3-2-5-12(13)9-17/h2-8H,10H2,1H3. The molecule has 108 valence electrons. The van der Waals surface area contributed by atoms with Crippen molar-refractivity contribution in [3.63, 3.8) is 0 Å². The highest BCUT2D eigenvalue weighted by molar-refractivity contribution is 5.97. The number of carbonyl (C=O) groups excluding carboxylic acids is 1. The van der Waals surface area contributed by atoms with Gasteiger partial charge in [0.15, 0.2) is 5.65 Å². The fraction of sp³-hybridized carbons (Fsp3) is 0.125. The molecule has 0 bridgehead atoms. The maximum Gasteiger partial charge on any atom is 0.344 e. The number of rotatable bonds is 3. The second kappa shape index (κ2) is 5.66. The van der Waals surface area contributed by atoms with Crippen molar-refractivity contribution in [1.82, 2.24) is 14.6 Å². The number of aryl methyl sites for hydroxylation is 1. The number of nitrogens with zero attached hydrogens (tertiary/aromatic N) is 4. The van der Waals surface area contributed by atoms with E-state index in [-0.39, 0.29) is 6.61 Å². The van der Waals surface area contributed by atoms with Crippen molar-refractivity contribution in [2.45, 2.75) is 13.5 Å². The van der Waals surface area contributed by atoms with Crippen molar-refractivity contribution >= 4 is 11.6 Å². The van der Waals surface area contributed by atoms with Gasteiger partial charge in [-0.25, -0.2) is 14.3 Å². The second-order valence-corrected chi connectivity index (χ2v) is 4.69. The number of hydrogen-bond donors (Lipinski definition) is 0. The van der Waals surface area contributed by atoms with Crippen LogP contribution >= 0.6 is 0 Å². The van der Waals surface area contributed by atoms with E-state index in [9.17, 15) is 4.79 Å². The van der Waals surface area contributed by atoms with Crippen molar-refractivity contribution < 1.29 is 9.53 Å². The molecule has 0 atom stereocenters. The lowest BCUT2D eigenvalue weighted by molar-refractivity contribution is 0.0473. The molecule has 6 nitrogen and oxygen atoms in total. The highest BCUT2D eigenvalue weighted by Crippen LogP contribution is 2.16. The molecule has 0 radical (unpaired) electrons. The molecule has 0 spiro atoms. The van der Waals surface area contributed by atoms with E-state index < -0.39 is 5.97 Å². The summed E-state index contributed by atoms with van der Waals surface area (Å²) >= 11 is 0. The molecule has 1 aromatic carbocycles. The van der Waals surface area contributed by atoms with Gasteiger partial charge in [-0.15, -0.1) is 0 Å². The molecule has 0 saturated heterocycles. The molecule has 3 aromatic rings. The van der Waals surface area contributed by atoms with E-state index in [2.05, 4.69) is 16.2 Å². The van der Waals surface area contributed by atoms with Crippen LogP contribution in [-0.2, 0) is 11.3 Å². The number of fused-ring (bicyclic) bond motifs is 1. The van der Waals surface area contributed by atoms with Gasteiger partial charge in [-0.05, 0) is 19.1 Å². The third-order valence-electron chi connectivity index (χ3n) is 3.27. The molecule has 0 N–H and O–H groups in total. The molecule has 0 amide bonds. The predicted octanol–water partition coefficient (Wildman–Crippen LogP) is 2.27. The first-order chi connectivity index (χ1) is 10.7. The number of nitriles is 1. The maximum absolute atomic E-state index is 12.3. The van der Waals surface area contributed by atoms with Crippen LogP contribution in [0.1, 0.15) is 27.2 Å². The van der Waals surface area contributed by atoms with Gasteiger partial charge in [0, 0.05) is 18.0 Å². The lowest BCUT2D eigenvalue weighted by atomic mass is 10.1. The van der Waals surface area contributed by atoms with Gasteiger partial charge in [0.25, 0.3) is 0 Å². The average molecular weight is 292 g/mol. The summed E-state index contributed by atoms with van der Waals surface area (Å²) in [4.78, 5) is 16.5. The molecule has 0 unspecified atom stereocenters. The lowest BCUT2D eigenvalue weighted by Gasteiger charge is -2.05. The molecule has 2 aromatic heterocycles. The minimum absolute atomic E-state index is 0.0339. The van der Waals surface area contributed by atoms with Gasteiger partial charge in [-0.2, -0.15) is 10.4 Å². The highest BCUT2D eigenvalue weighted by atomic mass is 16.5. The summed E-state index contributed by atoms with van der Waals surface area (Å²) in [6.45, 7) is 1.76. The van der Waals surface area contributed by atoms with Crippen LogP contribution in [0, 0.1) is 18.3 Å². The Balaban J connectivity index is 1.85. The summed E-state index contributed by atoms with van der Waals surface area (Å²) in [7, 11) is 0. The zero-order chi connectivity index (χ0) is 15.5. The average Bonchev–Trinajstić information content (AvgIpc) is 2.88. The van der Waals surface area contributed by atoms with E-state index in [0.29, 0.717) is 28.0 Å². The number of benzene rings is 1. The number of ether oxygens (including phenoxy) is 1. The quantitative estimate of drug-likeness (QED) is 0.692. The Kier molecular flexibility index (Phi) is 3.54. The first-order valence-electron chi connectivity index (χ1n) is 6.66. The number of hydrogen-bond acceptors (Lipinski definition) is 5. The minimum Gasteiger partial charge on any atom is -0.457 e. The van der Waals surface area contributed by atoms with Crippen LogP contribution in [0.15, 0.2) is 42.7 Å². The summed E-state index contributed by atoms with van der Waals surface area (Å²) in [5.74, 6) is -0.501. The predicted molar refractivity (Wildman–Crippen MR) is 78.0 cm³/mol. The van der Waals surface area contributed by atoms with E-state index in [1.54, 1.807) is 49.6 Å². The number of aromatic nitrogens is 3. The highest BCUT2D eigenvalue weighted by Gasteiger charge is 2.19. The largest absolute Gasteiger partial charge is 0.457 e. The molecular weight excluding hydrogens is 280 g/mol. The molecule has 0 fully saturated rings. The zero-order valence-corrected chi connectivity index (χ0v) is 11.9. The molecule has 22 heavy (non-hydrogen) atoms. The Morgan fingerprint density at radius 2 is 2.18 bits per heavy atom. The number of esters is 1. The second-order valence-electron chi connectivity index (χ2n) is 4.69. The minimum atomic E-state index is -0.501. The van der Waals surface area contributed by atoms with Crippen LogP contribution in [0.3, 0.4) is 0 Å². The third-order valence-corrected chi connectivity index (χ3v) is 3.27. The van der Waals surface area contributed by atoms with Gasteiger partial charge in [0.2, 0.25) is 0 Å². The molecular formula is C16H12N4O2. The normalized spacial score (nSPS) is 10.4. The van der Waals surface area contributed by atoms with E-state index in [1.807, 2.05) is 0 Å². The van der Waals surface area contributed by atoms with Crippen LogP contribution in [0.4, 0.5) is 0 Å². The van der Waals surface area contributed by atoms with Crippen LogP contribution in [0.2, 0.25) is 0 Å². The Hall–Kier alpha value is -3.20. The van der Waals surface area contributed by atoms with Crippen molar-refractivity contribution in [2.24, 2.45) is 0 Å². The smallest absolute Gasteiger partial charge is 0.344 e. The van der Waals surface area contributed by atoms with Gasteiger partial charge in [-0.1, -0.05) is 18.2 Å². The summed E-state index contributed by atoms with van der Waals surface area (Å²) in [6.07, 6.45) is 3.31. The summed E-state index contributed by atoms with van der Waals surface area (Å²) < 4.78 is 6.86. The Morgan fingerprint density at radius 3 is 3.00 bits per heavy atom. The van der Waals surface area contributed by atoms with Gasteiger partial charge >= 0.3 is 5.97 Å². The maximum atomic E-state index is 12.3. The van der Waals surface area contributed by atoms with Crippen LogP contribution in [0.25, 0.3) is 5.65 Å². The van der Waals surface area contributed by atoms with Gasteiger partial charge in [-0.3, -0.25) is 0 Å². The van der Waals surface area contributed by atoms with Gasteiger partial charge in [0.1, 0.15) is 12.2 Å². The molecule has 0 saturated carbocycles. The monoisotopic (exact) mass is 292 g/mol. The first-order valence-corrected chi connectivity index (χ1v) is 6.66. The molecule has 3 rings (SSSR count). The Morgan fingerprint density at radius 1 is 1.36 bits per heavy atom. The third kappa shape index (κ3) is 2.40. The van der Waals surface area contributed by atoms with E-state index >= 15 is 0 Å². The van der Waals surface area contributed by atoms with Gasteiger partial charge in [0.05, 0.1) is 17.3 Å². The molecule has 0 aliphatic carbocycles. The fourth-order valence-electron chi connectivity index (χ4n) is 2.21. The topological polar surface area (TPSA) is 80.3 Å². The SMILES string of the molecule is Cc1nn2cccnc2c1C(=O)OCc1ccccc1C#N. The lowest BCUT2D eigenvalue weighted by Crippen LogP contribution is -2.07. The zero-order valence-electron chi connectivity index (χ0n) is 11.9. The molecule has 2 heterocycles. The van der Waals surface area contributed by atoms with E-state index in [0.717, 1.165) is 0 Å². The van der Waals surface area contributed by atoms with Crippen molar-refractivity contribution in [3.05, 3.63) is 65.1 Å². The van der Waals surface area contributed by atoms with Gasteiger partial charge < -0.3 is 4.74 Å². The summed E-state index contributed by atoms with van der Waals surface area (Å²) in [6, 6.07) is 10.8. The van der Waals surface area contributed by atoms with Crippen molar-refractivity contribution in [2.75, 3.05) is 0 Å². The van der Waals surface area contributed by atoms with Crippen LogP contribution < -0.4 is 0 Å². The molecule has 0 aliphatic rings. The molecule has 0 aliphatic heterocycles. The van der Waals surface area contributed by atoms with Crippen molar-refractivity contribution in [3.8, 4) is 6.07 Å². The first kappa shape index (κ1) is 13.8. The molecule has 6 heteroatoms. The van der Waals surface area contributed by atoms with Crippen LogP contribution in [0.5, 0.6) is 0 Å². The van der Waals surface area contributed by atoms with Crippen molar-refractivity contribution in [1.29, 1.82) is 5.26 Å². The summed E-state index contributed by atoms with van der Waals surface area (Å²) in [5, 5.41) is 13.3.